The van der Waals surface area contributed by atoms with Gasteiger partial charge < -0.3 is 5.32 Å². The highest BCUT2D eigenvalue weighted by atomic mass is 16.2. The average Bonchev–Trinajstić information content (AvgIpc) is 3.21. The summed E-state index contributed by atoms with van der Waals surface area (Å²) in [4.78, 5) is 27.0. The molecule has 0 aromatic heterocycles. The van der Waals surface area contributed by atoms with Crippen LogP contribution in [0.3, 0.4) is 0 Å². The summed E-state index contributed by atoms with van der Waals surface area (Å²) in [5.74, 6) is -0.427. The largest absolute Gasteiger partial charge is 0.324 e. The minimum absolute atomic E-state index is 0.154. The predicted molar refractivity (Wildman–Crippen MR) is 81.2 cm³/mol. The highest BCUT2D eigenvalue weighted by molar-refractivity contribution is 6.23. The Morgan fingerprint density at radius 3 is 2.05 bits per heavy atom. The third kappa shape index (κ3) is 2.34. The lowest BCUT2D eigenvalue weighted by molar-refractivity contribution is -0.118. The molecule has 1 saturated heterocycles. The number of hydrogen-bond donors (Lipinski definition) is 1. The Bertz CT molecular complexity index is 670. The van der Waals surface area contributed by atoms with E-state index in [2.05, 4.69) is 5.32 Å². The maximum absolute atomic E-state index is 12.7. The molecule has 0 spiro atoms. The smallest absolute Gasteiger partial charge is 0.254 e. The number of benzene rings is 2. The number of nitrogens with one attached hydrogen (secondary N) is 1. The fourth-order valence-electron chi connectivity index (χ4n) is 2.49. The summed E-state index contributed by atoms with van der Waals surface area (Å²) in [6.45, 7) is 0.444. The van der Waals surface area contributed by atoms with Crippen LogP contribution in [0.25, 0.3) is 0 Å². The number of nitrogens with zero attached hydrogens (tertiary/aromatic N) is 1. The molecule has 1 N–H and O–H groups in total. The highest BCUT2D eigenvalue weighted by Crippen LogP contribution is 2.35. The van der Waals surface area contributed by atoms with E-state index < -0.39 is 5.54 Å². The molecule has 3 rings (SSSR count). The summed E-state index contributed by atoms with van der Waals surface area (Å²) in [7, 11) is 1.78. The Balaban J connectivity index is 1.84. The standard InChI is InChI=1S/C17H16N2O2/c1-19-12-17(19,15(20)13-8-4-2-5-9-13)16(21)18-14-10-6-3-7-11-14/h2-11H,12H2,1H3,(H,18,21). The Labute approximate surface area is 123 Å². The lowest BCUT2D eigenvalue weighted by Gasteiger charge is -2.15. The van der Waals surface area contributed by atoms with Crippen LogP contribution in [-0.2, 0) is 4.79 Å². The van der Waals surface area contributed by atoms with Gasteiger partial charge in [-0.1, -0.05) is 48.5 Å². The zero-order valence-electron chi connectivity index (χ0n) is 11.7. The van der Waals surface area contributed by atoms with E-state index in [9.17, 15) is 9.59 Å². The molecule has 0 bridgehead atoms. The molecule has 2 aromatic rings. The molecule has 0 saturated carbocycles. The van der Waals surface area contributed by atoms with E-state index in [1.807, 2.05) is 24.3 Å². The molecule has 1 fully saturated rings. The number of ketones is 1. The topological polar surface area (TPSA) is 49.2 Å². The Morgan fingerprint density at radius 2 is 1.52 bits per heavy atom. The van der Waals surface area contributed by atoms with Crippen molar-refractivity contribution in [1.82, 2.24) is 4.90 Å². The molecule has 21 heavy (non-hydrogen) atoms. The molecule has 4 heteroatoms. The number of para-hydroxylation sites is 1. The minimum Gasteiger partial charge on any atom is -0.324 e. The number of carbonyl (C=O) groups is 2. The van der Waals surface area contributed by atoms with Crippen LogP contribution in [0.1, 0.15) is 10.4 Å². The maximum atomic E-state index is 12.7. The summed E-state index contributed by atoms with van der Waals surface area (Å²) in [6.07, 6.45) is 0. The van der Waals surface area contributed by atoms with Crippen LogP contribution in [0.2, 0.25) is 0 Å². The molecule has 0 radical (unpaired) electrons. The van der Waals surface area contributed by atoms with Gasteiger partial charge in [-0.15, -0.1) is 0 Å². The molecule has 2 aromatic carbocycles. The number of anilines is 1. The van der Waals surface area contributed by atoms with Gasteiger partial charge in [0.25, 0.3) is 5.91 Å². The van der Waals surface area contributed by atoms with E-state index in [1.54, 1.807) is 48.3 Å². The lowest BCUT2D eigenvalue weighted by Crippen LogP contribution is -2.42. The second kappa shape index (κ2) is 5.14. The molecule has 1 heterocycles. The zero-order chi connectivity index (χ0) is 14.9. The van der Waals surface area contributed by atoms with Gasteiger partial charge in [-0.3, -0.25) is 14.5 Å². The third-order valence-corrected chi connectivity index (χ3v) is 3.83. The molecule has 2 unspecified atom stereocenters. The maximum Gasteiger partial charge on any atom is 0.254 e. The first kappa shape index (κ1) is 13.5. The van der Waals surface area contributed by atoms with Crippen molar-refractivity contribution in [1.29, 1.82) is 0 Å². The summed E-state index contributed by atoms with van der Waals surface area (Å²) in [6, 6.07) is 18.1. The van der Waals surface area contributed by atoms with Crippen LogP contribution in [-0.4, -0.2) is 35.7 Å². The average molecular weight is 280 g/mol. The second-order valence-electron chi connectivity index (χ2n) is 5.23. The monoisotopic (exact) mass is 280 g/mol. The van der Waals surface area contributed by atoms with Gasteiger partial charge >= 0.3 is 0 Å². The minimum atomic E-state index is -1.07. The Kier molecular flexibility index (Phi) is 3.31. The van der Waals surface area contributed by atoms with Gasteiger partial charge in [0.05, 0.1) is 0 Å². The van der Waals surface area contributed by atoms with Crippen LogP contribution in [0.15, 0.2) is 60.7 Å². The first-order chi connectivity index (χ1) is 10.1. The van der Waals surface area contributed by atoms with Crippen molar-refractivity contribution in [3.63, 3.8) is 0 Å². The summed E-state index contributed by atoms with van der Waals surface area (Å²) < 4.78 is 0. The molecule has 4 nitrogen and oxygen atoms in total. The quantitative estimate of drug-likeness (QED) is 0.530. The van der Waals surface area contributed by atoms with Crippen LogP contribution in [0.5, 0.6) is 0 Å². The summed E-state index contributed by atoms with van der Waals surface area (Å²) in [5.41, 5.74) is 0.185. The van der Waals surface area contributed by atoms with E-state index in [0.29, 0.717) is 17.8 Å². The van der Waals surface area contributed by atoms with E-state index in [-0.39, 0.29) is 11.7 Å². The number of Topliss-reactive ketones (excluding diaryl/α,β-unsaturated/α-hetero) is 1. The van der Waals surface area contributed by atoms with Gasteiger partial charge in [-0.25, -0.2) is 0 Å². The lowest BCUT2D eigenvalue weighted by atomic mass is 9.96. The SMILES string of the molecule is CN1CC1(C(=O)Nc1ccccc1)C(=O)c1ccccc1. The van der Waals surface area contributed by atoms with Crippen LogP contribution in [0, 0.1) is 0 Å². The van der Waals surface area contributed by atoms with Crippen LogP contribution < -0.4 is 5.32 Å². The molecule has 106 valence electrons. The van der Waals surface area contributed by atoms with Crippen molar-refractivity contribution >= 4 is 17.4 Å². The molecular formula is C17H16N2O2. The first-order valence-electron chi connectivity index (χ1n) is 6.82. The van der Waals surface area contributed by atoms with E-state index in [1.165, 1.54) is 0 Å². The summed E-state index contributed by atoms with van der Waals surface area (Å²) in [5, 5.41) is 2.82. The van der Waals surface area contributed by atoms with Crippen molar-refractivity contribution in [3.05, 3.63) is 66.2 Å². The molecule has 2 atom stereocenters. The van der Waals surface area contributed by atoms with Gasteiger partial charge in [0, 0.05) is 17.8 Å². The van der Waals surface area contributed by atoms with Gasteiger partial charge in [-0.05, 0) is 19.2 Å². The van der Waals surface area contributed by atoms with Crippen molar-refractivity contribution in [2.75, 3.05) is 18.9 Å². The van der Waals surface area contributed by atoms with Crippen molar-refractivity contribution in [3.8, 4) is 0 Å². The van der Waals surface area contributed by atoms with Crippen LogP contribution >= 0.6 is 0 Å². The first-order valence-corrected chi connectivity index (χ1v) is 6.82. The number of amides is 1. The molecule has 1 aliphatic heterocycles. The van der Waals surface area contributed by atoms with E-state index in [0.717, 1.165) is 0 Å². The van der Waals surface area contributed by atoms with Crippen molar-refractivity contribution < 1.29 is 9.59 Å². The molecule has 1 amide bonds. The second-order valence-corrected chi connectivity index (χ2v) is 5.23. The van der Waals surface area contributed by atoms with Gasteiger partial charge in [0.1, 0.15) is 0 Å². The fraction of sp³-hybridized carbons (Fsp3) is 0.176. The normalized spacial score (nSPS) is 23.4. The van der Waals surface area contributed by atoms with E-state index >= 15 is 0 Å². The van der Waals surface area contributed by atoms with Crippen molar-refractivity contribution in [2.45, 2.75) is 5.54 Å². The van der Waals surface area contributed by atoms with E-state index in [4.69, 9.17) is 0 Å². The van der Waals surface area contributed by atoms with Crippen molar-refractivity contribution in [2.24, 2.45) is 0 Å². The van der Waals surface area contributed by atoms with Gasteiger partial charge in [0.2, 0.25) is 0 Å². The number of carbonyl (C=O) groups excluding carboxylic acids is 2. The van der Waals surface area contributed by atoms with Gasteiger partial charge in [0.15, 0.2) is 11.3 Å². The Hall–Kier alpha value is -2.46. The fourth-order valence-corrected chi connectivity index (χ4v) is 2.49. The predicted octanol–water partition coefficient (Wildman–Crippen LogP) is 2.19. The number of rotatable bonds is 4. The highest BCUT2D eigenvalue weighted by Gasteiger charge is 2.62. The molecule has 0 aliphatic carbocycles. The zero-order valence-corrected chi connectivity index (χ0v) is 11.7. The van der Waals surface area contributed by atoms with Crippen LogP contribution in [0.4, 0.5) is 5.69 Å². The molecule has 1 aliphatic rings. The van der Waals surface area contributed by atoms with Gasteiger partial charge in [-0.2, -0.15) is 0 Å². The number of hydrogen-bond acceptors (Lipinski definition) is 3. The number of likely N-dealkylation sites (N-methyl/N-ethyl adjacent to an activating group) is 1. The molecular weight excluding hydrogens is 264 g/mol. The third-order valence-electron chi connectivity index (χ3n) is 3.83. The summed E-state index contributed by atoms with van der Waals surface area (Å²) >= 11 is 0. The Morgan fingerprint density at radius 1 is 1.00 bits per heavy atom.